The second-order valence-corrected chi connectivity index (χ2v) is 24.7. The van der Waals surface area contributed by atoms with Gasteiger partial charge in [-0.15, -0.1) is 0 Å². The first-order chi connectivity index (χ1) is 38.4. The van der Waals surface area contributed by atoms with Crippen LogP contribution in [0.5, 0.6) is 0 Å². The van der Waals surface area contributed by atoms with Crippen molar-refractivity contribution in [2.75, 3.05) is 40.9 Å². The van der Waals surface area contributed by atoms with Crippen molar-refractivity contribution >= 4 is 19.7 Å². The van der Waals surface area contributed by atoms with Crippen LogP contribution in [-0.4, -0.2) is 74.3 Å². The predicted molar refractivity (Wildman–Crippen MR) is 341 cm³/mol. The molecule has 9 nitrogen and oxygen atoms in total. The van der Waals surface area contributed by atoms with Gasteiger partial charge < -0.3 is 19.4 Å². The Hall–Kier alpha value is -2.81. The number of likely N-dealkylation sites (N-methyl/N-ethyl adjacent to an activating group) is 1. The zero-order chi connectivity index (χ0) is 57.9. The number of unbranched alkanes of at least 4 members (excludes halogenated alkanes) is 31. The molecule has 10 heteroatoms. The van der Waals surface area contributed by atoms with Crippen molar-refractivity contribution in [1.29, 1.82) is 0 Å². The molecule has 0 aromatic rings. The van der Waals surface area contributed by atoms with Crippen LogP contribution < -0.4 is 5.32 Å². The van der Waals surface area contributed by atoms with Crippen molar-refractivity contribution in [2.45, 2.75) is 303 Å². The van der Waals surface area contributed by atoms with Gasteiger partial charge in [0, 0.05) is 12.8 Å². The Morgan fingerprint density at radius 1 is 0.456 bits per heavy atom. The third kappa shape index (κ3) is 59.6. The Bertz CT molecular complexity index is 1630. The number of ether oxygens (including phenoxy) is 1. The number of nitrogens with zero attached hydrogens (tertiary/aromatic N) is 1. The van der Waals surface area contributed by atoms with E-state index in [0.29, 0.717) is 17.4 Å². The number of nitrogens with one attached hydrogen (secondary N) is 1. The maximum atomic E-state index is 13.6. The van der Waals surface area contributed by atoms with Gasteiger partial charge in [-0.05, 0) is 83.1 Å². The van der Waals surface area contributed by atoms with Gasteiger partial charge in [0.15, 0.2) is 0 Å². The van der Waals surface area contributed by atoms with Gasteiger partial charge in [-0.3, -0.25) is 18.6 Å². The van der Waals surface area contributed by atoms with E-state index in [1.165, 1.54) is 135 Å². The van der Waals surface area contributed by atoms with Gasteiger partial charge in [0.05, 0.1) is 33.8 Å². The first-order valence-corrected chi connectivity index (χ1v) is 34.4. The predicted octanol–water partition coefficient (Wildman–Crippen LogP) is 20.6. The van der Waals surface area contributed by atoms with Crippen LogP contribution in [0.15, 0.2) is 85.1 Å². The summed E-state index contributed by atoms with van der Waals surface area (Å²) in [5, 5.41) is 3.05. The third-order valence-electron chi connectivity index (χ3n) is 14.3. The molecule has 458 valence electrons. The van der Waals surface area contributed by atoms with E-state index in [1.54, 1.807) is 0 Å². The van der Waals surface area contributed by atoms with Crippen molar-refractivity contribution in [2.24, 2.45) is 0 Å². The number of quaternary nitrogens is 1. The second kappa shape index (κ2) is 58.4. The van der Waals surface area contributed by atoms with Gasteiger partial charge in [0.25, 0.3) is 0 Å². The van der Waals surface area contributed by atoms with Gasteiger partial charge >= 0.3 is 13.8 Å². The molecule has 0 fully saturated rings. The van der Waals surface area contributed by atoms with E-state index in [-0.39, 0.29) is 31.5 Å². The summed E-state index contributed by atoms with van der Waals surface area (Å²) in [5.41, 5.74) is 0. The molecule has 3 atom stereocenters. The summed E-state index contributed by atoms with van der Waals surface area (Å²) in [6.45, 7) is 6.90. The number of amides is 1. The highest BCUT2D eigenvalue weighted by Gasteiger charge is 2.30. The SMILES string of the molecule is CC/C=C\C/C=C\C/C=C\C/C=C\C/C=C\C/C=C\CCCCCCCCC(=O)NC(COP(=O)(O)OCC[N+](C)(C)C)C(/C=C\CCCCCCCCCCC)OC(=O)CCCCCCCCCCCCCCCCCCC. The molecule has 79 heavy (non-hydrogen) atoms. The van der Waals surface area contributed by atoms with Crippen LogP contribution in [-0.2, 0) is 27.9 Å². The molecule has 1 amide bonds. The van der Waals surface area contributed by atoms with Crippen LogP contribution in [0.3, 0.4) is 0 Å². The first kappa shape index (κ1) is 76.2. The van der Waals surface area contributed by atoms with Gasteiger partial charge in [-0.2, -0.15) is 0 Å². The molecule has 3 unspecified atom stereocenters. The molecular weight excluding hydrogens is 1000 g/mol. The van der Waals surface area contributed by atoms with E-state index in [1.807, 2.05) is 33.3 Å². The highest BCUT2D eigenvalue weighted by Crippen LogP contribution is 2.43. The van der Waals surface area contributed by atoms with E-state index in [4.69, 9.17) is 13.8 Å². The Labute approximate surface area is 488 Å². The van der Waals surface area contributed by atoms with Crippen molar-refractivity contribution in [1.82, 2.24) is 5.32 Å². The van der Waals surface area contributed by atoms with Crippen LogP contribution in [0.1, 0.15) is 290 Å². The quantitative estimate of drug-likeness (QED) is 0.0205. The molecule has 0 aromatic heterocycles. The molecule has 2 N–H and O–H groups in total. The van der Waals surface area contributed by atoms with Crippen molar-refractivity contribution in [3.05, 3.63) is 85.1 Å². The molecular formula is C69H126N2O7P+. The summed E-state index contributed by atoms with van der Waals surface area (Å²) < 4.78 is 30.7. The molecule has 0 radical (unpaired) electrons. The minimum atomic E-state index is -4.46. The number of hydrogen-bond acceptors (Lipinski definition) is 6. The summed E-state index contributed by atoms with van der Waals surface area (Å²) in [6, 6.07) is -0.858. The van der Waals surface area contributed by atoms with Gasteiger partial charge in [0.2, 0.25) is 5.91 Å². The Kier molecular flexibility index (Phi) is 56.3. The largest absolute Gasteiger partial charge is 0.472 e. The minimum absolute atomic E-state index is 0.0349. The Morgan fingerprint density at radius 2 is 0.810 bits per heavy atom. The summed E-state index contributed by atoms with van der Waals surface area (Å²) in [7, 11) is 1.48. The lowest BCUT2D eigenvalue weighted by molar-refractivity contribution is -0.870. The molecule has 0 rings (SSSR count). The van der Waals surface area contributed by atoms with Crippen LogP contribution in [0.2, 0.25) is 0 Å². The number of allylic oxidation sites excluding steroid dienone is 13. The second-order valence-electron chi connectivity index (χ2n) is 23.3. The first-order valence-electron chi connectivity index (χ1n) is 32.9. The number of hydrogen-bond donors (Lipinski definition) is 2. The lowest BCUT2D eigenvalue weighted by atomic mass is 10.0. The maximum absolute atomic E-state index is 13.6. The average Bonchev–Trinajstić information content (AvgIpc) is 3.41. The summed E-state index contributed by atoms with van der Waals surface area (Å²) in [4.78, 5) is 37.8. The normalized spacial score (nSPS) is 14.2. The van der Waals surface area contributed by atoms with Crippen LogP contribution >= 0.6 is 7.82 Å². The van der Waals surface area contributed by atoms with E-state index in [9.17, 15) is 19.0 Å². The molecule has 0 aliphatic carbocycles. The fourth-order valence-corrected chi connectivity index (χ4v) is 10.0. The van der Waals surface area contributed by atoms with Gasteiger partial charge in [-0.1, -0.05) is 280 Å². The highest BCUT2D eigenvalue weighted by atomic mass is 31.2. The van der Waals surface area contributed by atoms with Crippen molar-refractivity contribution < 1.29 is 37.3 Å². The van der Waals surface area contributed by atoms with Crippen molar-refractivity contribution in [3.8, 4) is 0 Å². The molecule has 0 aromatic carbocycles. The number of carbonyl (C=O) groups excluding carboxylic acids is 2. The number of rotatable bonds is 59. The molecule has 0 saturated heterocycles. The van der Waals surface area contributed by atoms with Crippen LogP contribution in [0.25, 0.3) is 0 Å². The zero-order valence-electron chi connectivity index (χ0n) is 52.3. The number of phosphoric ester groups is 1. The molecule has 0 spiro atoms. The summed E-state index contributed by atoms with van der Waals surface area (Å²) in [5.74, 6) is -0.517. The average molecular weight is 1130 g/mol. The van der Waals surface area contributed by atoms with E-state index >= 15 is 0 Å². The molecule has 0 aliphatic heterocycles. The minimum Gasteiger partial charge on any atom is -0.456 e. The lowest BCUT2D eigenvalue weighted by Crippen LogP contribution is -2.47. The van der Waals surface area contributed by atoms with Crippen LogP contribution in [0, 0.1) is 0 Å². The molecule has 0 saturated carbocycles. The third-order valence-corrected chi connectivity index (χ3v) is 15.3. The lowest BCUT2D eigenvalue weighted by Gasteiger charge is -2.27. The fraction of sp³-hybridized carbons (Fsp3) is 0.768. The topological polar surface area (TPSA) is 111 Å². The van der Waals surface area contributed by atoms with Crippen molar-refractivity contribution in [3.63, 3.8) is 0 Å². The number of phosphoric acid groups is 1. The number of carbonyl (C=O) groups is 2. The molecule has 0 heterocycles. The Morgan fingerprint density at radius 3 is 1.22 bits per heavy atom. The summed E-state index contributed by atoms with van der Waals surface area (Å²) in [6.07, 6.45) is 77.3. The van der Waals surface area contributed by atoms with Crippen LogP contribution in [0.4, 0.5) is 0 Å². The molecule has 0 bridgehead atoms. The van der Waals surface area contributed by atoms with E-state index in [0.717, 1.165) is 122 Å². The summed E-state index contributed by atoms with van der Waals surface area (Å²) >= 11 is 0. The monoisotopic (exact) mass is 1130 g/mol. The van der Waals surface area contributed by atoms with Gasteiger partial charge in [-0.25, -0.2) is 4.57 Å². The van der Waals surface area contributed by atoms with Gasteiger partial charge in [0.1, 0.15) is 19.3 Å². The zero-order valence-corrected chi connectivity index (χ0v) is 53.2. The standard InChI is InChI=1S/C69H125N2O7P/c1-7-10-13-16-19-22-25-27-29-31-32-33-34-35-36-37-38-40-41-43-46-49-52-55-58-61-68(72)70-66(65-77-79(74,75)76-64-63-71(4,5)6)67(60-57-54-51-48-45-24-21-18-15-12-9-3)78-69(73)62-59-56-53-50-47-44-42-39-30-28-26-23-20-17-14-11-8-2/h10,13,19,22,27,29,32-33,35-36,38,40,57,60,66-67H,7-9,11-12,14-18,20-21,23-26,28,30-31,34,37,39,41-56,58-59,61-65H2,1-6H3,(H-,70,72,74,75)/p+1/b13-10-,22-19-,29-27-,33-32-,36-35-,40-38-,60-57-. The smallest absolute Gasteiger partial charge is 0.456 e. The highest BCUT2D eigenvalue weighted by molar-refractivity contribution is 7.47. The number of esters is 1. The van der Waals surface area contributed by atoms with E-state index in [2.05, 4.69) is 99.0 Å². The Balaban J connectivity index is 5.15. The van der Waals surface area contributed by atoms with E-state index < -0.39 is 20.0 Å². The fourth-order valence-electron chi connectivity index (χ4n) is 9.30. The maximum Gasteiger partial charge on any atom is 0.472 e. The molecule has 0 aliphatic rings.